The lowest BCUT2D eigenvalue weighted by molar-refractivity contribution is 0.471. The predicted molar refractivity (Wildman–Crippen MR) is 65.6 cm³/mol. The number of hydrogen-bond acceptors (Lipinski definition) is 4. The van der Waals surface area contributed by atoms with Gasteiger partial charge in [0.2, 0.25) is 0 Å². The van der Waals surface area contributed by atoms with Gasteiger partial charge in [0.1, 0.15) is 0 Å². The minimum atomic E-state index is 0.430. The Morgan fingerprint density at radius 1 is 1.44 bits per heavy atom. The Morgan fingerprint density at radius 2 is 2.25 bits per heavy atom. The molecule has 0 bridgehead atoms. The Balaban J connectivity index is 2.12. The van der Waals surface area contributed by atoms with E-state index in [0.29, 0.717) is 17.1 Å². The molecule has 1 heterocycles. The Kier molecular flexibility index (Phi) is 3.61. The molecule has 1 aliphatic rings. The monoisotopic (exact) mass is 240 g/mol. The van der Waals surface area contributed by atoms with Crippen LogP contribution in [0.15, 0.2) is 12.1 Å². The maximum atomic E-state index is 5.78. The van der Waals surface area contributed by atoms with Crippen molar-refractivity contribution < 1.29 is 0 Å². The van der Waals surface area contributed by atoms with Crippen molar-refractivity contribution in [3.05, 3.63) is 17.3 Å². The van der Waals surface area contributed by atoms with Gasteiger partial charge < -0.3 is 10.6 Å². The van der Waals surface area contributed by atoms with E-state index in [-0.39, 0.29) is 0 Å². The molecule has 0 aromatic carbocycles. The molecule has 2 N–H and O–H groups in total. The van der Waals surface area contributed by atoms with Crippen LogP contribution in [0.4, 0.5) is 5.82 Å². The van der Waals surface area contributed by atoms with Crippen LogP contribution in [0, 0.1) is 5.92 Å². The molecular weight excluding hydrogens is 224 g/mol. The average molecular weight is 241 g/mol. The zero-order valence-electron chi connectivity index (χ0n) is 9.43. The minimum absolute atomic E-state index is 0.430. The zero-order chi connectivity index (χ0) is 11.5. The first-order chi connectivity index (χ1) is 7.72. The predicted octanol–water partition coefficient (Wildman–Crippen LogP) is 1.69. The molecule has 1 aliphatic carbocycles. The van der Waals surface area contributed by atoms with E-state index in [0.717, 1.165) is 12.4 Å². The Labute approximate surface area is 101 Å². The van der Waals surface area contributed by atoms with Gasteiger partial charge in [-0.2, -0.15) is 0 Å². The van der Waals surface area contributed by atoms with Crippen molar-refractivity contribution >= 4 is 17.4 Å². The molecule has 16 heavy (non-hydrogen) atoms. The molecule has 0 saturated heterocycles. The van der Waals surface area contributed by atoms with Crippen LogP contribution in [-0.2, 0) is 0 Å². The summed E-state index contributed by atoms with van der Waals surface area (Å²) in [5.41, 5.74) is 5.78. The Hall–Kier alpha value is -0.870. The highest BCUT2D eigenvalue weighted by Crippen LogP contribution is 2.30. The third-order valence-electron chi connectivity index (χ3n) is 3.40. The van der Waals surface area contributed by atoms with Crippen molar-refractivity contribution in [1.82, 2.24) is 10.2 Å². The first-order valence-corrected chi connectivity index (χ1v) is 6.02. The summed E-state index contributed by atoms with van der Waals surface area (Å²) in [4.78, 5) is 2.17. The molecule has 0 radical (unpaired) electrons. The van der Waals surface area contributed by atoms with Crippen LogP contribution in [0.25, 0.3) is 0 Å². The average Bonchev–Trinajstić information content (AvgIpc) is 2.77. The smallest absolute Gasteiger partial charge is 0.151 e. The van der Waals surface area contributed by atoms with Gasteiger partial charge in [0, 0.05) is 13.1 Å². The first-order valence-electron chi connectivity index (χ1n) is 5.64. The first kappa shape index (κ1) is 11.6. The van der Waals surface area contributed by atoms with Gasteiger partial charge in [-0.15, -0.1) is 10.2 Å². The molecule has 2 rings (SSSR count). The summed E-state index contributed by atoms with van der Waals surface area (Å²) in [6.45, 7) is 0.746. The number of nitrogens with two attached hydrogens (primary N) is 1. The quantitative estimate of drug-likeness (QED) is 0.874. The summed E-state index contributed by atoms with van der Waals surface area (Å²) in [6.07, 6.45) is 3.65. The molecule has 2 unspecified atom stereocenters. The number of nitrogens with zero attached hydrogens (tertiary/aromatic N) is 3. The largest absolute Gasteiger partial charge is 0.355 e. The second kappa shape index (κ2) is 4.97. The standard InChI is InChI=1S/C11H17ClN4/c1-16(9-4-2-3-8(9)7-13)11-6-5-10(12)14-15-11/h5-6,8-9H,2-4,7,13H2,1H3. The zero-order valence-corrected chi connectivity index (χ0v) is 10.2. The fraction of sp³-hybridized carbons (Fsp3) is 0.636. The van der Waals surface area contributed by atoms with Crippen molar-refractivity contribution in [1.29, 1.82) is 0 Å². The maximum Gasteiger partial charge on any atom is 0.151 e. The van der Waals surface area contributed by atoms with Crippen molar-refractivity contribution in [2.75, 3.05) is 18.5 Å². The summed E-state index contributed by atoms with van der Waals surface area (Å²) in [5, 5.41) is 8.39. The van der Waals surface area contributed by atoms with E-state index in [9.17, 15) is 0 Å². The van der Waals surface area contributed by atoms with Crippen LogP contribution < -0.4 is 10.6 Å². The van der Waals surface area contributed by atoms with Crippen LogP contribution in [0.2, 0.25) is 5.15 Å². The second-order valence-corrected chi connectivity index (χ2v) is 4.71. The molecule has 0 amide bonds. The van der Waals surface area contributed by atoms with Gasteiger partial charge in [0.05, 0.1) is 0 Å². The van der Waals surface area contributed by atoms with Gasteiger partial charge in [-0.3, -0.25) is 0 Å². The molecule has 1 aromatic heterocycles. The van der Waals surface area contributed by atoms with E-state index in [1.807, 2.05) is 6.07 Å². The van der Waals surface area contributed by atoms with Crippen LogP contribution in [-0.4, -0.2) is 29.8 Å². The van der Waals surface area contributed by atoms with E-state index in [1.165, 1.54) is 19.3 Å². The SMILES string of the molecule is CN(c1ccc(Cl)nn1)C1CCCC1CN. The Bertz CT molecular complexity index is 340. The molecule has 1 fully saturated rings. The molecule has 5 heteroatoms. The van der Waals surface area contributed by atoms with E-state index in [4.69, 9.17) is 17.3 Å². The lowest BCUT2D eigenvalue weighted by Crippen LogP contribution is -2.38. The third kappa shape index (κ3) is 2.28. The number of aromatic nitrogens is 2. The van der Waals surface area contributed by atoms with Crippen LogP contribution in [0.3, 0.4) is 0 Å². The molecule has 2 atom stereocenters. The van der Waals surface area contributed by atoms with Crippen molar-refractivity contribution in [2.24, 2.45) is 11.7 Å². The van der Waals surface area contributed by atoms with Crippen LogP contribution >= 0.6 is 11.6 Å². The Morgan fingerprint density at radius 3 is 2.88 bits per heavy atom. The fourth-order valence-electron chi connectivity index (χ4n) is 2.47. The number of hydrogen-bond donors (Lipinski definition) is 1. The van der Waals surface area contributed by atoms with Gasteiger partial charge >= 0.3 is 0 Å². The third-order valence-corrected chi connectivity index (χ3v) is 3.60. The van der Waals surface area contributed by atoms with Gasteiger partial charge in [0.15, 0.2) is 11.0 Å². The normalized spacial score (nSPS) is 24.7. The highest BCUT2D eigenvalue weighted by molar-refractivity contribution is 6.29. The molecule has 4 nitrogen and oxygen atoms in total. The van der Waals surface area contributed by atoms with E-state index in [1.54, 1.807) is 6.07 Å². The number of rotatable bonds is 3. The fourth-order valence-corrected chi connectivity index (χ4v) is 2.57. The van der Waals surface area contributed by atoms with Gasteiger partial charge in [0.25, 0.3) is 0 Å². The number of anilines is 1. The van der Waals surface area contributed by atoms with E-state index < -0.39 is 0 Å². The topological polar surface area (TPSA) is 55.0 Å². The molecule has 1 aromatic rings. The van der Waals surface area contributed by atoms with Gasteiger partial charge in [-0.1, -0.05) is 18.0 Å². The molecule has 0 aliphatic heterocycles. The molecule has 88 valence electrons. The van der Waals surface area contributed by atoms with E-state index in [2.05, 4.69) is 22.1 Å². The lowest BCUT2D eigenvalue weighted by atomic mass is 10.0. The lowest BCUT2D eigenvalue weighted by Gasteiger charge is -2.29. The molecule has 1 saturated carbocycles. The summed E-state index contributed by atoms with van der Waals surface area (Å²) in [5.74, 6) is 1.44. The highest BCUT2D eigenvalue weighted by Gasteiger charge is 2.30. The van der Waals surface area contributed by atoms with Crippen LogP contribution in [0.1, 0.15) is 19.3 Å². The second-order valence-electron chi connectivity index (χ2n) is 4.32. The minimum Gasteiger partial charge on any atom is -0.355 e. The molecular formula is C11H17ClN4. The maximum absolute atomic E-state index is 5.78. The summed E-state index contributed by atoms with van der Waals surface area (Å²) in [7, 11) is 2.05. The van der Waals surface area contributed by atoms with Crippen molar-refractivity contribution in [3.8, 4) is 0 Å². The highest BCUT2D eigenvalue weighted by atomic mass is 35.5. The molecule has 0 spiro atoms. The summed E-state index contributed by atoms with van der Waals surface area (Å²) in [6, 6.07) is 4.16. The van der Waals surface area contributed by atoms with Gasteiger partial charge in [-0.25, -0.2) is 0 Å². The number of halogens is 1. The summed E-state index contributed by atoms with van der Waals surface area (Å²) >= 11 is 5.72. The van der Waals surface area contributed by atoms with E-state index >= 15 is 0 Å². The van der Waals surface area contributed by atoms with Gasteiger partial charge in [-0.05, 0) is 37.4 Å². The summed E-state index contributed by atoms with van der Waals surface area (Å²) < 4.78 is 0. The van der Waals surface area contributed by atoms with Crippen molar-refractivity contribution in [3.63, 3.8) is 0 Å². The van der Waals surface area contributed by atoms with Crippen molar-refractivity contribution in [2.45, 2.75) is 25.3 Å². The van der Waals surface area contributed by atoms with Crippen LogP contribution in [0.5, 0.6) is 0 Å².